The lowest BCUT2D eigenvalue weighted by Gasteiger charge is -2.29. The van der Waals surface area contributed by atoms with Gasteiger partial charge in [-0.1, -0.05) is 94.9 Å². The lowest BCUT2D eigenvalue weighted by molar-refractivity contribution is -0.134. The quantitative estimate of drug-likeness (QED) is 0.155. The van der Waals surface area contributed by atoms with E-state index in [-0.39, 0.29) is 36.5 Å². The summed E-state index contributed by atoms with van der Waals surface area (Å²) in [6.07, 6.45) is 1.75. The zero-order chi connectivity index (χ0) is 37.3. The van der Waals surface area contributed by atoms with Crippen LogP contribution in [0.1, 0.15) is 65.0 Å². The third-order valence-corrected chi connectivity index (χ3v) is 8.70. The summed E-state index contributed by atoms with van der Waals surface area (Å²) < 4.78 is 5.40. The summed E-state index contributed by atoms with van der Waals surface area (Å²) in [5.74, 6) is -1.91. The lowest BCUT2D eigenvalue weighted by Crippen LogP contribution is -2.59. The van der Waals surface area contributed by atoms with E-state index in [1.165, 1.54) is 0 Å². The van der Waals surface area contributed by atoms with Gasteiger partial charge in [0.05, 0.1) is 25.8 Å². The molecule has 1 saturated heterocycles. The number of morpholine rings is 1. The number of carbonyl (C=O) groups is 5. The van der Waals surface area contributed by atoms with E-state index in [4.69, 9.17) is 4.74 Å². The largest absolute Gasteiger partial charge is 0.379 e. The van der Waals surface area contributed by atoms with Crippen LogP contribution in [0.25, 0.3) is 0 Å². The Kier molecular flexibility index (Phi) is 17.0. The number of ketones is 1. The van der Waals surface area contributed by atoms with Crippen molar-refractivity contribution in [2.45, 2.75) is 90.9 Å². The molecule has 11 heteroatoms. The minimum absolute atomic E-state index is 0.0183. The van der Waals surface area contributed by atoms with Crippen LogP contribution in [0.3, 0.4) is 0 Å². The first-order chi connectivity index (χ1) is 24.3. The number of ether oxygens (including phenoxy) is 1. The van der Waals surface area contributed by atoms with Crippen LogP contribution in [0.15, 0.2) is 72.8 Å². The molecule has 1 heterocycles. The van der Waals surface area contributed by atoms with Gasteiger partial charge in [0.2, 0.25) is 23.6 Å². The van der Waals surface area contributed by atoms with E-state index >= 15 is 0 Å². The number of carbonyl (C=O) groups excluding carboxylic acids is 5. The highest BCUT2D eigenvalue weighted by Gasteiger charge is 2.32. The molecule has 4 N–H and O–H groups in total. The summed E-state index contributed by atoms with van der Waals surface area (Å²) >= 11 is 0. The molecule has 0 saturated carbocycles. The normalized spacial score (nSPS) is 15.7. The number of hydrogen-bond donors (Lipinski definition) is 4. The fourth-order valence-electron chi connectivity index (χ4n) is 6.01. The van der Waals surface area contributed by atoms with Gasteiger partial charge >= 0.3 is 0 Å². The minimum atomic E-state index is -1.03. The Morgan fingerprint density at radius 1 is 0.686 bits per heavy atom. The van der Waals surface area contributed by atoms with Crippen molar-refractivity contribution in [1.82, 2.24) is 26.2 Å². The number of aryl methyl sites for hydroxylation is 1. The van der Waals surface area contributed by atoms with E-state index in [0.29, 0.717) is 57.6 Å². The van der Waals surface area contributed by atoms with Gasteiger partial charge in [-0.25, -0.2) is 0 Å². The van der Waals surface area contributed by atoms with Crippen LogP contribution < -0.4 is 21.3 Å². The molecule has 0 bridgehead atoms. The molecule has 2 aromatic rings. The second-order valence-electron chi connectivity index (χ2n) is 14.3. The summed E-state index contributed by atoms with van der Waals surface area (Å²) in [5, 5.41) is 11.6. The van der Waals surface area contributed by atoms with E-state index in [1.807, 2.05) is 93.3 Å². The molecule has 51 heavy (non-hydrogen) atoms. The zero-order valence-corrected chi connectivity index (χ0v) is 30.9. The van der Waals surface area contributed by atoms with E-state index in [1.54, 1.807) is 6.92 Å². The van der Waals surface area contributed by atoms with Crippen molar-refractivity contribution >= 4 is 29.4 Å². The van der Waals surface area contributed by atoms with Crippen LogP contribution in [-0.2, 0) is 41.6 Å². The van der Waals surface area contributed by atoms with Crippen molar-refractivity contribution in [1.29, 1.82) is 0 Å². The van der Waals surface area contributed by atoms with Gasteiger partial charge in [-0.15, -0.1) is 0 Å². The maximum absolute atomic E-state index is 14.0. The van der Waals surface area contributed by atoms with Gasteiger partial charge < -0.3 is 26.0 Å². The van der Waals surface area contributed by atoms with Gasteiger partial charge in [-0.2, -0.15) is 0 Å². The molecule has 11 nitrogen and oxygen atoms in total. The van der Waals surface area contributed by atoms with Gasteiger partial charge in [0.15, 0.2) is 5.78 Å². The molecule has 0 spiro atoms. The molecule has 0 radical (unpaired) electrons. The third kappa shape index (κ3) is 14.8. The molecule has 4 atom stereocenters. The molecular formula is C40H57N5O6. The number of amides is 4. The summed E-state index contributed by atoms with van der Waals surface area (Å²) in [4.78, 5) is 69.9. The number of Topliss-reactive ketones (excluding diaryl/α,β-unsaturated/α-hetero) is 1. The average molecular weight is 704 g/mol. The zero-order valence-electron chi connectivity index (χ0n) is 30.9. The molecule has 2 aromatic carbocycles. The van der Waals surface area contributed by atoms with E-state index in [0.717, 1.165) is 11.1 Å². The number of rotatable bonds is 20. The fourth-order valence-corrected chi connectivity index (χ4v) is 6.01. The monoisotopic (exact) mass is 703 g/mol. The van der Waals surface area contributed by atoms with E-state index in [9.17, 15) is 24.0 Å². The van der Waals surface area contributed by atoms with Crippen molar-refractivity contribution in [3.05, 3.63) is 83.9 Å². The maximum Gasteiger partial charge on any atom is 0.243 e. The Balaban J connectivity index is 1.82. The predicted octanol–water partition coefficient (Wildman–Crippen LogP) is 3.37. The summed E-state index contributed by atoms with van der Waals surface area (Å²) in [7, 11) is 0. The van der Waals surface area contributed by atoms with Gasteiger partial charge in [-0.3, -0.25) is 28.9 Å². The van der Waals surface area contributed by atoms with Crippen molar-refractivity contribution in [3.8, 4) is 0 Å². The lowest BCUT2D eigenvalue weighted by atomic mass is 9.96. The highest BCUT2D eigenvalue weighted by Crippen LogP contribution is 2.13. The Bertz CT molecular complexity index is 1440. The maximum atomic E-state index is 14.0. The standard InChI is InChI=1S/C40H57N5O6/c1-27(2)23-33(37(47)29(5)6)42-40(50)35(25-31-15-11-8-12-16-31)44-39(49)34(24-28(3)4)43-38(48)32(18-17-30-13-9-7-10-14-30)41-36(46)26-45-19-21-51-22-20-45/h7-16,27-28,32-35H,5,17-26H2,1-4,6H3,(H,41,46)(H,42,50)(H,43,48)(H,44,49)/t32-,33+,34-,35-/m0/s1. The molecule has 4 amide bonds. The second kappa shape index (κ2) is 21.1. The molecular weight excluding hydrogens is 646 g/mol. The number of nitrogens with one attached hydrogen (secondary N) is 4. The molecule has 1 fully saturated rings. The predicted molar refractivity (Wildman–Crippen MR) is 199 cm³/mol. The molecule has 0 aliphatic carbocycles. The van der Waals surface area contributed by atoms with Crippen molar-refractivity contribution < 1.29 is 28.7 Å². The van der Waals surface area contributed by atoms with Crippen LogP contribution >= 0.6 is 0 Å². The van der Waals surface area contributed by atoms with Crippen molar-refractivity contribution in [3.63, 3.8) is 0 Å². The first kappa shape index (κ1) is 41.1. The summed E-state index contributed by atoms with van der Waals surface area (Å²) in [5.41, 5.74) is 2.17. The Labute approximate surface area is 303 Å². The second-order valence-corrected chi connectivity index (χ2v) is 14.3. The average Bonchev–Trinajstić information content (AvgIpc) is 3.09. The van der Waals surface area contributed by atoms with E-state index < -0.39 is 41.9 Å². The molecule has 278 valence electrons. The minimum Gasteiger partial charge on any atom is -0.379 e. The van der Waals surface area contributed by atoms with Gasteiger partial charge in [0, 0.05) is 19.5 Å². The Morgan fingerprint density at radius 3 is 1.75 bits per heavy atom. The Hall–Kier alpha value is -4.35. The Morgan fingerprint density at radius 2 is 1.18 bits per heavy atom. The van der Waals surface area contributed by atoms with Crippen LogP contribution in [0.2, 0.25) is 0 Å². The van der Waals surface area contributed by atoms with Gasteiger partial charge in [0.1, 0.15) is 18.1 Å². The highest BCUT2D eigenvalue weighted by atomic mass is 16.5. The van der Waals surface area contributed by atoms with Crippen molar-refractivity contribution in [2.75, 3.05) is 32.8 Å². The van der Waals surface area contributed by atoms with Crippen LogP contribution in [0.4, 0.5) is 0 Å². The van der Waals surface area contributed by atoms with Crippen molar-refractivity contribution in [2.24, 2.45) is 11.8 Å². The topological polar surface area (TPSA) is 146 Å². The number of hydrogen-bond acceptors (Lipinski definition) is 7. The summed E-state index contributed by atoms with van der Waals surface area (Å²) in [6, 6.07) is 15.3. The summed E-state index contributed by atoms with van der Waals surface area (Å²) in [6.45, 7) is 15.7. The first-order valence-corrected chi connectivity index (χ1v) is 18.1. The molecule has 0 aromatic heterocycles. The number of nitrogens with zero attached hydrogens (tertiary/aromatic N) is 1. The van der Waals surface area contributed by atoms with Crippen LogP contribution in [0.5, 0.6) is 0 Å². The molecule has 0 unspecified atom stereocenters. The van der Waals surface area contributed by atoms with Gasteiger partial charge in [0.25, 0.3) is 0 Å². The number of benzene rings is 2. The first-order valence-electron chi connectivity index (χ1n) is 18.1. The third-order valence-electron chi connectivity index (χ3n) is 8.70. The fraction of sp³-hybridized carbons (Fsp3) is 0.525. The highest BCUT2D eigenvalue weighted by molar-refractivity contribution is 6.01. The van der Waals surface area contributed by atoms with Crippen LogP contribution in [-0.4, -0.2) is 91.3 Å². The molecule has 1 aliphatic rings. The van der Waals surface area contributed by atoms with E-state index in [2.05, 4.69) is 27.8 Å². The molecule has 1 aliphatic heterocycles. The van der Waals surface area contributed by atoms with Gasteiger partial charge in [-0.05, 0) is 61.1 Å². The smallest absolute Gasteiger partial charge is 0.243 e. The molecule has 3 rings (SSSR count). The van der Waals surface area contributed by atoms with Crippen LogP contribution in [0, 0.1) is 11.8 Å². The SMILES string of the molecule is C=C(C)C(=O)[C@@H](CC(C)C)NC(=O)[C@H](Cc1ccccc1)NC(=O)[C@H](CC(C)C)NC(=O)[C@H](CCc1ccccc1)NC(=O)CN1CCOCC1.